The monoisotopic (exact) mass is 524 g/mol. The molecular formula is C28H33ClN4O4. The number of carbonyl (C=O) groups excluding carboxylic acids is 2. The van der Waals surface area contributed by atoms with Crippen LogP contribution in [0.25, 0.3) is 0 Å². The zero-order chi connectivity index (χ0) is 26.6. The lowest BCUT2D eigenvalue weighted by Gasteiger charge is -2.32. The number of aromatic nitrogens is 1. The van der Waals surface area contributed by atoms with Gasteiger partial charge < -0.3 is 24.6 Å². The molecule has 0 atom stereocenters. The summed E-state index contributed by atoms with van der Waals surface area (Å²) in [4.78, 5) is 33.0. The number of para-hydroxylation sites is 1. The van der Waals surface area contributed by atoms with E-state index in [1.165, 1.54) is 11.8 Å². The highest BCUT2D eigenvalue weighted by molar-refractivity contribution is 6.32. The maximum atomic E-state index is 12.6. The van der Waals surface area contributed by atoms with Gasteiger partial charge >= 0.3 is 0 Å². The van der Waals surface area contributed by atoms with Crippen LogP contribution in [-0.4, -0.2) is 73.5 Å². The number of piperazine rings is 1. The Morgan fingerprint density at radius 3 is 2.41 bits per heavy atom. The summed E-state index contributed by atoms with van der Waals surface area (Å²) < 4.78 is 10.8. The van der Waals surface area contributed by atoms with Crippen molar-refractivity contribution in [1.29, 1.82) is 0 Å². The van der Waals surface area contributed by atoms with Crippen LogP contribution in [0.1, 0.15) is 21.5 Å². The van der Waals surface area contributed by atoms with Crippen LogP contribution < -0.4 is 10.1 Å². The van der Waals surface area contributed by atoms with Gasteiger partial charge in [-0.1, -0.05) is 54.1 Å². The fourth-order valence-corrected chi connectivity index (χ4v) is 3.91. The number of likely N-dealkylation sites (N-methyl/N-ethyl adjacent to an activating group) is 1. The number of amides is 2. The number of ether oxygens (including phenoxy) is 2. The SMILES string of the molecule is COCc1ccccc1.Cc1cccc(Cl)c1Oc1ncccc1C(=O)NCC(=O)N1CCN(C)CC1. The van der Waals surface area contributed by atoms with Crippen molar-refractivity contribution in [3.8, 4) is 11.6 Å². The van der Waals surface area contributed by atoms with Gasteiger partial charge in [0.1, 0.15) is 5.56 Å². The lowest BCUT2D eigenvalue weighted by atomic mass is 10.2. The average Bonchev–Trinajstić information content (AvgIpc) is 2.91. The van der Waals surface area contributed by atoms with E-state index in [1.807, 2.05) is 56.4 Å². The summed E-state index contributed by atoms with van der Waals surface area (Å²) in [7, 11) is 3.72. The summed E-state index contributed by atoms with van der Waals surface area (Å²) in [6.07, 6.45) is 1.54. The van der Waals surface area contributed by atoms with Crippen LogP contribution in [0.5, 0.6) is 11.6 Å². The molecule has 1 saturated heterocycles. The second kappa shape index (κ2) is 14.3. The number of hydrogen-bond donors (Lipinski definition) is 1. The van der Waals surface area contributed by atoms with E-state index in [-0.39, 0.29) is 23.9 Å². The lowest BCUT2D eigenvalue weighted by Crippen LogP contribution is -2.50. The Morgan fingerprint density at radius 1 is 1.00 bits per heavy atom. The molecule has 1 fully saturated rings. The molecule has 9 heteroatoms. The molecule has 2 heterocycles. The van der Waals surface area contributed by atoms with Crippen LogP contribution in [-0.2, 0) is 16.1 Å². The molecule has 37 heavy (non-hydrogen) atoms. The lowest BCUT2D eigenvalue weighted by molar-refractivity contribution is -0.131. The minimum Gasteiger partial charge on any atom is -0.436 e. The van der Waals surface area contributed by atoms with Crippen molar-refractivity contribution in [2.24, 2.45) is 0 Å². The first-order valence-electron chi connectivity index (χ1n) is 12.0. The molecule has 1 aromatic heterocycles. The largest absolute Gasteiger partial charge is 0.436 e. The maximum Gasteiger partial charge on any atom is 0.257 e. The topological polar surface area (TPSA) is 84.0 Å². The Kier molecular flexibility index (Phi) is 10.9. The number of benzene rings is 2. The van der Waals surface area contributed by atoms with E-state index in [0.29, 0.717) is 30.5 Å². The molecular weight excluding hydrogens is 492 g/mol. The minimum absolute atomic E-state index is 0.0675. The molecule has 1 N–H and O–H groups in total. The molecule has 0 bridgehead atoms. The maximum absolute atomic E-state index is 12.6. The Hall–Kier alpha value is -3.46. The fraction of sp³-hybridized carbons (Fsp3) is 0.321. The Bertz CT molecular complexity index is 1150. The van der Waals surface area contributed by atoms with Gasteiger partial charge in [-0.15, -0.1) is 0 Å². The number of nitrogens with zero attached hydrogens (tertiary/aromatic N) is 3. The summed E-state index contributed by atoms with van der Waals surface area (Å²) >= 11 is 6.20. The standard InChI is InChI=1S/C20H23ClN4O3.C8H10O/c1-14-5-3-7-16(21)18(14)28-20-15(6-4-8-22-20)19(27)23-13-17(26)25-11-9-24(2)10-12-25;1-9-7-8-5-3-2-4-6-8/h3-8H,9-13H2,1-2H3,(H,23,27);2-6H,7H2,1H3. The van der Waals surface area contributed by atoms with E-state index in [9.17, 15) is 9.59 Å². The number of carbonyl (C=O) groups is 2. The second-order valence-corrected chi connectivity index (χ2v) is 9.04. The van der Waals surface area contributed by atoms with Gasteiger partial charge in [0, 0.05) is 39.5 Å². The number of rotatable bonds is 7. The van der Waals surface area contributed by atoms with Gasteiger partial charge in [-0.3, -0.25) is 9.59 Å². The predicted octanol–water partition coefficient (Wildman–Crippen LogP) is 4.17. The molecule has 0 saturated carbocycles. The average molecular weight is 525 g/mol. The molecule has 2 amide bonds. The Morgan fingerprint density at radius 2 is 1.73 bits per heavy atom. The smallest absolute Gasteiger partial charge is 0.257 e. The molecule has 1 aliphatic heterocycles. The van der Waals surface area contributed by atoms with E-state index < -0.39 is 5.91 Å². The van der Waals surface area contributed by atoms with Gasteiger partial charge in [0.2, 0.25) is 11.8 Å². The van der Waals surface area contributed by atoms with E-state index in [4.69, 9.17) is 21.1 Å². The molecule has 1 aliphatic rings. The van der Waals surface area contributed by atoms with Crippen molar-refractivity contribution in [3.05, 3.63) is 88.6 Å². The third-order valence-corrected chi connectivity index (χ3v) is 6.09. The molecule has 0 aliphatic carbocycles. The second-order valence-electron chi connectivity index (χ2n) is 8.63. The third kappa shape index (κ3) is 8.56. The molecule has 0 unspecified atom stereocenters. The van der Waals surface area contributed by atoms with Crippen LogP contribution in [0.4, 0.5) is 0 Å². The number of hydrogen-bond acceptors (Lipinski definition) is 6. The molecule has 0 spiro atoms. The van der Waals surface area contributed by atoms with Gasteiger partial charge in [0.05, 0.1) is 18.2 Å². The van der Waals surface area contributed by atoms with Gasteiger partial charge in [0.15, 0.2) is 5.75 Å². The van der Waals surface area contributed by atoms with Crippen LogP contribution in [0.15, 0.2) is 66.9 Å². The summed E-state index contributed by atoms with van der Waals surface area (Å²) in [6.45, 7) is 5.49. The van der Waals surface area contributed by atoms with Crippen molar-refractivity contribution in [1.82, 2.24) is 20.1 Å². The summed E-state index contributed by atoms with van der Waals surface area (Å²) in [5, 5.41) is 3.10. The van der Waals surface area contributed by atoms with E-state index in [1.54, 1.807) is 30.2 Å². The predicted molar refractivity (Wildman–Crippen MR) is 144 cm³/mol. The third-order valence-electron chi connectivity index (χ3n) is 5.79. The summed E-state index contributed by atoms with van der Waals surface area (Å²) in [6, 6.07) is 18.7. The van der Waals surface area contributed by atoms with Crippen molar-refractivity contribution in [2.75, 3.05) is 46.9 Å². The molecule has 2 aromatic carbocycles. The molecule has 0 radical (unpaired) electrons. The fourth-order valence-electron chi connectivity index (χ4n) is 3.65. The van der Waals surface area contributed by atoms with Gasteiger partial charge in [-0.05, 0) is 43.3 Å². The van der Waals surface area contributed by atoms with E-state index in [0.717, 1.165) is 18.7 Å². The number of pyridine rings is 1. The van der Waals surface area contributed by atoms with Crippen molar-refractivity contribution < 1.29 is 19.1 Å². The van der Waals surface area contributed by atoms with Crippen LogP contribution in [0.3, 0.4) is 0 Å². The molecule has 8 nitrogen and oxygen atoms in total. The Labute approximate surface area is 223 Å². The van der Waals surface area contributed by atoms with Gasteiger partial charge in [-0.25, -0.2) is 4.98 Å². The van der Waals surface area contributed by atoms with Gasteiger partial charge in [0.25, 0.3) is 5.91 Å². The highest BCUT2D eigenvalue weighted by Crippen LogP contribution is 2.32. The number of halogens is 1. The molecule has 3 aromatic rings. The van der Waals surface area contributed by atoms with E-state index in [2.05, 4.69) is 15.2 Å². The van der Waals surface area contributed by atoms with Gasteiger partial charge in [-0.2, -0.15) is 0 Å². The first-order chi connectivity index (χ1) is 17.9. The van der Waals surface area contributed by atoms with Crippen molar-refractivity contribution in [3.63, 3.8) is 0 Å². The number of nitrogens with one attached hydrogen (secondary N) is 1. The number of methoxy groups -OCH3 is 1. The van der Waals surface area contributed by atoms with E-state index >= 15 is 0 Å². The van der Waals surface area contributed by atoms with Crippen molar-refractivity contribution in [2.45, 2.75) is 13.5 Å². The zero-order valence-electron chi connectivity index (χ0n) is 21.4. The highest BCUT2D eigenvalue weighted by atomic mass is 35.5. The first kappa shape index (κ1) is 28.1. The van der Waals surface area contributed by atoms with Crippen LogP contribution in [0.2, 0.25) is 5.02 Å². The normalized spacial score (nSPS) is 13.4. The molecule has 4 rings (SSSR count). The Balaban J connectivity index is 0.000000356. The van der Waals surface area contributed by atoms with Crippen LogP contribution >= 0.6 is 11.6 Å². The van der Waals surface area contributed by atoms with Crippen molar-refractivity contribution >= 4 is 23.4 Å². The quantitative estimate of drug-likeness (QED) is 0.499. The number of aryl methyl sites for hydroxylation is 1. The summed E-state index contributed by atoms with van der Waals surface area (Å²) in [5.41, 5.74) is 2.29. The minimum atomic E-state index is -0.421. The first-order valence-corrected chi connectivity index (χ1v) is 12.4. The summed E-state index contributed by atoms with van der Waals surface area (Å²) in [5.74, 6) is 0.0683. The van der Waals surface area contributed by atoms with Crippen LogP contribution in [0, 0.1) is 6.92 Å². The highest BCUT2D eigenvalue weighted by Gasteiger charge is 2.21. The zero-order valence-corrected chi connectivity index (χ0v) is 22.2. The molecule has 196 valence electrons.